The molecule has 1 aliphatic heterocycles. The summed E-state index contributed by atoms with van der Waals surface area (Å²) in [5.74, 6) is 0.816. The molecule has 1 aromatic heterocycles. The van der Waals surface area contributed by atoms with E-state index in [0.717, 1.165) is 16.3 Å². The number of thiazole rings is 1. The smallest absolute Gasteiger partial charge is 0.273 e. The number of carbonyl (C=O) groups excluding carboxylic acids is 1. The molecule has 0 saturated carbocycles. The van der Waals surface area contributed by atoms with Crippen molar-refractivity contribution in [2.24, 2.45) is 0 Å². The van der Waals surface area contributed by atoms with Crippen LogP contribution in [0.4, 0.5) is 0 Å². The number of nitrogens with zero attached hydrogens (tertiary/aromatic N) is 2. The van der Waals surface area contributed by atoms with E-state index in [1.165, 1.54) is 11.3 Å². The normalized spacial score (nSPS) is 20.9. The number of rotatable bonds is 4. The van der Waals surface area contributed by atoms with Crippen molar-refractivity contribution in [3.63, 3.8) is 0 Å². The highest BCUT2D eigenvalue weighted by Crippen LogP contribution is 2.26. The van der Waals surface area contributed by atoms with Gasteiger partial charge >= 0.3 is 0 Å². The molecule has 0 aliphatic carbocycles. The van der Waals surface area contributed by atoms with Gasteiger partial charge in [-0.05, 0) is 45.0 Å². The number of benzene rings is 1. The topological polar surface area (TPSA) is 51.7 Å². The van der Waals surface area contributed by atoms with Crippen molar-refractivity contribution in [3.8, 4) is 16.3 Å². The predicted molar refractivity (Wildman–Crippen MR) is 94.6 cm³/mol. The summed E-state index contributed by atoms with van der Waals surface area (Å²) in [4.78, 5) is 19.0. The number of hydrogen-bond acceptors (Lipinski definition) is 5. The maximum atomic E-state index is 12.7. The van der Waals surface area contributed by atoms with Crippen LogP contribution in [-0.4, -0.2) is 47.7 Å². The zero-order valence-electron chi connectivity index (χ0n) is 14.2. The summed E-state index contributed by atoms with van der Waals surface area (Å²) in [6.07, 6.45) is 0.115. The summed E-state index contributed by atoms with van der Waals surface area (Å²) < 4.78 is 11.1. The molecule has 6 heteroatoms. The highest BCUT2D eigenvalue weighted by molar-refractivity contribution is 7.13. The Balaban J connectivity index is 1.73. The van der Waals surface area contributed by atoms with Gasteiger partial charge in [0.15, 0.2) is 0 Å². The highest BCUT2D eigenvalue weighted by atomic mass is 32.1. The van der Waals surface area contributed by atoms with E-state index in [1.807, 2.05) is 55.3 Å². The van der Waals surface area contributed by atoms with Crippen molar-refractivity contribution in [3.05, 3.63) is 35.3 Å². The number of ether oxygens (including phenoxy) is 2. The van der Waals surface area contributed by atoms with E-state index in [1.54, 1.807) is 0 Å². The summed E-state index contributed by atoms with van der Waals surface area (Å²) >= 11 is 1.49. The second-order valence-electron chi connectivity index (χ2n) is 5.96. The van der Waals surface area contributed by atoms with E-state index in [-0.39, 0.29) is 18.1 Å². The molecular formula is C18H22N2O3S. The van der Waals surface area contributed by atoms with Crippen molar-refractivity contribution < 1.29 is 14.3 Å². The second-order valence-corrected chi connectivity index (χ2v) is 6.82. The molecule has 0 radical (unpaired) electrons. The molecule has 0 N–H and O–H groups in total. The lowest BCUT2D eigenvalue weighted by atomic mass is 10.2. The zero-order chi connectivity index (χ0) is 17.1. The minimum Gasteiger partial charge on any atom is -0.494 e. The lowest BCUT2D eigenvalue weighted by Gasteiger charge is -2.34. The standard InChI is InChI=1S/C18H22N2O3S/c1-4-22-15-7-5-14(6-8-15)17-19-16(11-24-17)18(21)20-9-12(2)23-13(3)10-20/h5-8,11-13H,4,9-10H2,1-3H3/t12-,13+. The molecule has 128 valence electrons. The number of hydrogen-bond donors (Lipinski definition) is 0. The molecule has 0 bridgehead atoms. The molecule has 24 heavy (non-hydrogen) atoms. The highest BCUT2D eigenvalue weighted by Gasteiger charge is 2.27. The Kier molecular flexibility index (Phi) is 5.16. The fraction of sp³-hybridized carbons (Fsp3) is 0.444. The van der Waals surface area contributed by atoms with Gasteiger partial charge in [-0.25, -0.2) is 4.98 Å². The fourth-order valence-corrected chi connectivity index (χ4v) is 3.67. The van der Waals surface area contributed by atoms with E-state index in [4.69, 9.17) is 9.47 Å². The molecule has 0 unspecified atom stereocenters. The Morgan fingerprint density at radius 3 is 2.58 bits per heavy atom. The maximum Gasteiger partial charge on any atom is 0.273 e. The van der Waals surface area contributed by atoms with Gasteiger partial charge in [-0.1, -0.05) is 0 Å². The van der Waals surface area contributed by atoms with Crippen LogP contribution in [0.15, 0.2) is 29.6 Å². The van der Waals surface area contributed by atoms with Crippen molar-refractivity contribution in [1.82, 2.24) is 9.88 Å². The van der Waals surface area contributed by atoms with Crippen LogP contribution in [0, 0.1) is 0 Å². The van der Waals surface area contributed by atoms with E-state index in [0.29, 0.717) is 25.4 Å². The summed E-state index contributed by atoms with van der Waals surface area (Å²) in [6.45, 7) is 7.80. The van der Waals surface area contributed by atoms with Crippen LogP contribution in [0.25, 0.3) is 10.6 Å². The lowest BCUT2D eigenvalue weighted by molar-refractivity contribution is -0.0587. The van der Waals surface area contributed by atoms with Crippen molar-refractivity contribution in [2.45, 2.75) is 33.0 Å². The first-order valence-electron chi connectivity index (χ1n) is 8.20. The molecule has 2 aromatic rings. The molecule has 1 aliphatic rings. The average Bonchev–Trinajstić information content (AvgIpc) is 3.04. The Bertz CT molecular complexity index is 689. The van der Waals surface area contributed by atoms with Gasteiger partial charge in [-0.3, -0.25) is 4.79 Å². The maximum absolute atomic E-state index is 12.7. The van der Waals surface area contributed by atoms with Crippen LogP contribution in [0.5, 0.6) is 5.75 Å². The lowest BCUT2D eigenvalue weighted by Crippen LogP contribution is -2.48. The molecule has 1 aromatic carbocycles. The quantitative estimate of drug-likeness (QED) is 0.851. The van der Waals surface area contributed by atoms with Crippen LogP contribution >= 0.6 is 11.3 Å². The SMILES string of the molecule is CCOc1ccc(-c2nc(C(=O)N3C[C@@H](C)O[C@@H](C)C3)cs2)cc1. The van der Waals surface area contributed by atoms with Crippen molar-refractivity contribution >= 4 is 17.2 Å². The monoisotopic (exact) mass is 346 g/mol. The molecular weight excluding hydrogens is 324 g/mol. The van der Waals surface area contributed by atoms with Crippen LogP contribution in [0.3, 0.4) is 0 Å². The van der Waals surface area contributed by atoms with Gasteiger partial charge in [-0.2, -0.15) is 0 Å². The van der Waals surface area contributed by atoms with E-state index in [9.17, 15) is 4.79 Å². The number of amides is 1. The summed E-state index contributed by atoms with van der Waals surface area (Å²) in [7, 11) is 0. The molecule has 5 nitrogen and oxygen atoms in total. The Morgan fingerprint density at radius 2 is 1.96 bits per heavy atom. The van der Waals surface area contributed by atoms with Gasteiger partial charge in [0.05, 0.1) is 18.8 Å². The molecule has 0 spiro atoms. The van der Waals surface area contributed by atoms with Gasteiger partial charge in [0.25, 0.3) is 5.91 Å². The molecule has 1 amide bonds. The largest absolute Gasteiger partial charge is 0.494 e. The zero-order valence-corrected chi connectivity index (χ0v) is 15.0. The Labute approximate surface area is 146 Å². The van der Waals surface area contributed by atoms with Crippen LogP contribution < -0.4 is 4.74 Å². The van der Waals surface area contributed by atoms with E-state index >= 15 is 0 Å². The predicted octanol–water partition coefficient (Wildman–Crippen LogP) is 3.46. The first-order valence-corrected chi connectivity index (χ1v) is 9.08. The second kappa shape index (κ2) is 7.32. The third-order valence-electron chi connectivity index (χ3n) is 3.84. The summed E-state index contributed by atoms with van der Waals surface area (Å²) in [6, 6.07) is 7.79. The van der Waals surface area contributed by atoms with Crippen molar-refractivity contribution in [2.75, 3.05) is 19.7 Å². The van der Waals surface area contributed by atoms with Crippen molar-refractivity contribution in [1.29, 1.82) is 0 Å². The van der Waals surface area contributed by atoms with Crippen LogP contribution in [0.1, 0.15) is 31.3 Å². The Morgan fingerprint density at radius 1 is 1.29 bits per heavy atom. The number of aromatic nitrogens is 1. The molecule has 1 saturated heterocycles. The first kappa shape index (κ1) is 16.9. The minimum atomic E-state index is -0.0227. The number of carbonyl (C=O) groups is 1. The molecule has 1 fully saturated rings. The molecule has 2 heterocycles. The fourth-order valence-electron chi connectivity index (χ4n) is 2.87. The van der Waals surface area contributed by atoms with Crippen LogP contribution in [-0.2, 0) is 4.74 Å². The Hall–Kier alpha value is -1.92. The summed E-state index contributed by atoms with van der Waals surface area (Å²) in [5, 5.41) is 2.68. The third kappa shape index (κ3) is 3.76. The van der Waals surface area contributed by atoms with E-state index < -0.39 is 0 Å². The van der Waals surface area contributed by atoms with Gasteiger partial charge in [0.2, 0.25) is 0 Å². The van der Waals surface area contributed by atoms with E-state index in [2.05, 4.69) is 4.98 Å². The van der Waals surface area contributed by atoms with Gasteiger partial charge in [0, 0.05) is 24.0 Å². The molecule has 2 atom stereocenters. The van der Waals surface area contributed by atoms with Gasteiger partial charge in [0.1, 0.15) is 16.5 Å². The van der Waals surface area contributed by atoms with Crippen LogP contribution in [0.2, 0.25) is 0 Å². The number of morpholine rings is 1. The minimum absolute atomic E-state index is 0.0227. The summed E-state index contributed by atoms with van der Waals surface area (Å²) in [5.41, 5.74) is 1.50. The first-order chi connectivity index (χ1) is 11.6. The average molecular weight is 346 g/mol. The molecule has 3 rings (SSSR count). The van der Waals surface area contributed by atoms with Gasteiger partial charge in [-0.15, -0.1) is 11.3 Å². The van der Waals surface area contributed by atoms with Gasteiger partial charge < -0.3 is 14.4 Å². The third-order valence-corrected chi connectivity index (χ3v) is 4.73.